The summed E-state index contributed by atoms with van der Waals surface area (Å²) in [6, 6.07) is 13.9. The maximum Gasteiger partial charge on any atom is 0.416 e. The number of rotatable bonds is 8. The zero-order valence-corrected chi connectivity index (χ0v) is 18.6. The van der Waals surface area contributed by atoms with Crippen molar-refractivity contribution in [2.75, 3.05) is 25.7 Å². The molecule has 180 valence electrons. The van der Waals surface area contributed by atoms with E-state index in [1.165, 1.54) is 49.5 Å². The van der Waals surface area contributed by atoms with E-state index in [1.807, 2.05) is 0 Å². The van der Waals surface area contributed by atoms with Gasteiger partial charge in [0.15, 0.2) is 11.5 Å². The van der Waals surface area contributed by atoms with Crippen LogP contribution in [-0.4, -0.2) is 26.7 Å². The number of hydrogen-bond donors (Lipinski definition) is 1. The molecule has 0 spiro atoms. The van der Waals surface area contributed by atoms with Crippen LogP contribution in [0.15, 0.2) is 66.7 Å². The molecule has 0 heterocycles. The third kappa shape index (κ3) is 5.85. The van der Waals surface area contributed by atoms with Gasteiger partial charge < -0.3 is 20.1 Å². The van der Waals surface area contributed by atoms with Crippen LogP contribution in [0.4, 0.5) is 23.2 Å². The molecule has 34 heavy (non-hydrogen) atoms. The van der Waals surface area contributed by atoms with Crippen LogP contribution in [0.2, 0.25) is 0 Å². The van der Waals surface area contributed by atoms with Crippen molar-refractivity contribution in [3.63, 3.8) is 0 Å². The lowest BCUT2D eigenvalue weighted by atomic mass is 10.0. The van der Waals surface area contributed by atoms with Gasteiger partial charge in [-0.05, 0) is 53.9 Å². The van der Waals surface area contributed by atoms with E-state index in [0.717, 1.165) is 12.1 Å². The van der Waals surface area contributed by atoms with Crippen molar-refractivity contribution in [2.45, 2.75) is 18.6 Å². The van der Waals surface area contributed by atoms with Crippen molar-refractivity contribution in [2.24, 2.45) is 5.73 Å². The van der Waals surface area contributed by atoms with Gasteiger partial charge in [-0.1, -0.05) is 24.3 Å². The molecule has 0 saturated heterocycles. The summed E-state index contributed by atoms with van der Waals surface area (Å²) < 4.78 is 62.8. The third-order valence-electron chi connectivity index (χ3n) is 5.32. The van der Waals surface area contributed by atoms with Crippen molar-refractivity contribution in [3.8, 4) is 11.5 Å². The molecule has 0 fully saturated rings. The number of carbonyl (C=O) groups is 1. The van der Waals surface area contributed by atoms with Gasteiger partial charge in [0, 0.05) is 18.3 Å². The molecule has 5 nitrogen and oxygen atoms in total. The Kier molecular flexibility index (Phi) is 7.78. The molecular weight excluding hydrogens is 452 g/mol. The van der Waals surface area contributed by atoms with Crippen molar-refractivity contribution in [3.05, 3.63) is 89.2 Å². The molecule has 1 atom stereocenters. The molecular formula is C25H24F4N2O3. The number of hydrogen-bond acceptors (Lipinski definition) is 4. The van der Waals surface area contributed by atoms with Gasteiger partial charge in [0.25, 0.3) is 0 Å². The number of benzene rings is 3. The fourth-order valence-electron chi connectivity index (χ4n) is 3.47. The van der Waals surface area contributed by atoms with Crippen LogP contribution in [0.1, 0.15) is 22.7 Å². The average Bonchev–Trinajstić information content (AvgIpc) is 2.83. The predicted molar refractivity (Wildman–Crippen MR) is 120 cm³/mol. The van der Waals surface area contributed by atoms with Crippen LogP contribution >= 0.6 is 0 Å². The second kappa shape index (κ2) is 10.6. The van der Waals surface area contributed by atoms with Gasteiger partial charge in [-0.2, -0.15) is 13.2 Å². The van der Waals surface area contributed by atoms with E-state index in [1.54, 1.807) is 24.3 Å². The van der Waals surface area contributed by atoms with E-state index in [2.05, 4.69) is 0 Å². The van der Waals surface area contributed by atoms with Crippen molar-refractivity contribution < 1.29 is 31.8 Å². The van der Waals surface area contributed by atoms with Gasteiger partial charge in [-0.25, -0.2) is 4.39 Å². The Bertz CT molecular complexity index is 1130. The monoisotopic (exact) mass is 476 g/mol. The Morgan fingerprint density at radius 1 is 0.971 bits per heavy atom. The minimum Gasteiger partial charge on any atom is -0.493 e. The highest BCUT2D eigenvalue weighted by atomic mass is 19.4. The smallest absolute Gasteiger partial charge is 0.416 e. The van der Waals surface area contributed by atoms with Gasteiger partial charge >= 0.3 is 6.18 Å². The summed E-state index contributed by atoms with van der Waals surface area (Å²) >= 11 is 0. The van der Waals surface area contributed by atoms with E-state index in [4.69, 9.17) is 15.2 Å². The summed E-state index contributed by atoms with van der Waals surface area (Å²) in [6.07, 6.45) is -4.17. The fourth-order valence-corrected chi connectivity index (χ4v) is 3.47. The molecule has 0 saturated carbocycles. The highest BCUT2D eigenvalue weighted by Gasteiger charge is 2.30. The molecule has 0 radical (unpaired) electrons. The number of alkyl halides is 3. The fraction of sp³-hybridized carbons (Fsp3) is 0.240. The maximum atomic E-state index is 13.7. The Morgan fingerprint density at radius 2 is 1.65 bits per heavy atom. The first-order valence-electron chi connectivity index (χ1n) is 10.3. The largest absolute Gasteiger partial charge is 0.493 e. The molecule has 3 rings (SSSR count). The molecule has 9 heteroatoms. The van der Waals surface area contributed by atoms with Gasteiger partial charge in [0.05, 0.1) is 19.8 Å². The van der Waals surface area contributed by atoms with E-state index < -0.39 is 29.5 Å². The third-order valence-corrected chi connectivity index (χ3v) is 5.32. The molecule has 0 aliphatic rings. The molecule has 3 aromatic rings. The molecule has 1 amide bonds. The highest BCUT2D eigenvalue weighted by Crippen LogP contribution is 2.33. The molecule has 0 aliphatic carbocycles. The van der Waals surface area contributed by atoms with Crippen LogP contribution in [0.25, 0.3) is 0 Å². The van der Waals surface area contributed by atoms with Crippen LogP contribution in [0, 0.1) is 5.82 Å². The number of nitrogens with zero attached hydrogens (tertiary/aromatic N) is 1. The van der Waals surface area contributed by atoms with Crippen molar-refractivity contribution >= 4 is 11.6 Å². The second-order valence-corrected chi connectivity index (χ2v) is 7.51. The summed E-state index contributed by atoms with van der Waals surface area (Å²) in [7, 11) is 2.93. The van der Waals surface area contributed by atoms with Crippen LogP contribution in [0.3, 0.4) is 0 Å². The Balaban J connectivity index is 1.91. The number of carbonyl (C=O) groups excluding carboxylic acids is 1. The van der Waals surface area contributed by atoms with Gasteiger partial charge in [0.1, 0.15) is 11.9 Å². The quantitative estimate of drug-likeness (QED) is 0.458. The van der Waals surface area contributed by atoms with Gasteiger partial charge in [-0.3, -0.25) is 4.79 Å². The molecule has 0 aliphatic heterocycles. The minimum absolute atomic E-state index is 0.114. The predicted octanol–water partition coefficient (Wildman–Crippen LogP) is 5.14. The first-order valence-corrected chi connectivity index (χ1v) is 10.3. The number of anilines is 1. The molecule has 0 aromatic heterocycles. The zero-order chi connectivity index (χ0) is 24.9. The van der Waals surface area contributed by atoms with Crippen LogP contribution in [-0.2, 0) is 17.4 Å². The number of methoxy groups -OCH3 is 2. The van der Waals surface area contributed by atoms with E-state index >= 15 is 0 Å². The average molecular weight is 476 g/mol. The van der Waals surface area contributed by atoms with E-state index in [9.17, 15) is 22.4 Å². The lowest BCUT2D eigenvalue weighted by molar-refractivity contribution is -0.137. The summed E-state index contributed by atoms with van der Waals surface area (Å²) in [6.45, 7) is 0.114. The lowest BCUT2D eigenvalue weighted by Crippen LogP contribution is -2.40. The highest BCUT2D eigenvalue weighted by molar-refractivity contribution is 5.98. The Morgan fingerprint density at radius 3 is 2.24 bits per heavy atom. The Labute approximate surface area is 194 Å². The van der Waals surface area contributed by atoms with Crippen molar-refractivity contribution in [1.29, 1.82) is 0 Å². The normalized spacial score (nSPS) is 12.2. The summed E-state index contributed by atoms with van der Waals surface area (Å²) in [5.74, 6) is -0.199. The topological polar surface area (TPSA) is 64.8 Å². The zero-order valence-electron chi connectivity index (χ0n) is 18.6. The maximum absolute atomic E-state index is 13.7. The minimum atomic E-state index is -4.43. The molecule has 2 N–H and O–H groups in total. The van der Waals surface area contributed by atoms with E-state index in [0.29, 0.717) is 28.3 Å². The summed E-state index contributed by atoms with van der Waals surface area (Å²) in [5.41, 5.74) is 6.76. The van der Waals surface area contributed by atoms with Crippen LogP contribution < -0.4 is 20.1 Å². The molecule has 0 bridgehead atoms. The van der Waals surface area contributed by atoms with Crippen molar-refractivity contribution in [1.82, 2.24) is 0 Å². The lowest BCUT2D eigenvalue weighted by Gasteiger charge is -2.27. The molecule has 1 unspecified atom stereocenters. The van der Waals surface area contributed by atoms with Gasteiger partial charge in [-0.15, -0.1) is 0 Å². The van der Waals surface area contributed by atoms with Gasteiger partial charge in [0.2, 0.25) is 5.91 Å². The SMILES string of the molecule is COc1ccc(N(CCc2ccc(C(F)(F)F)cc2)C(=O)C(N)c2cccc(F)c2)cc1OC. The first-order chi connectivity index (χ1) is 16.1. The Hall–Kier alpha value is -3.59. The number of halogens is 4. The van der Waals surface area contributed by atoms with E-state index in [-0.39, 0.29) is 13.0 Å². The van der Waals surface area contributed by atoms with Crippen LogP contribution in [0.5, 0.6) is 11.5 Å². The first kappa shape index (κ1) is 25.0. The number of nitrogens with two attached hydrogens (primary N) is 1. The second-order valence-electron chi connectivity index (χ2n) is 7.51. The number of amides is 1. The standard InChI is InChI=1S/C25H24F4N2O3/c1-33-21-11-10-20(15-22(21)34-2)31(24(32)23(30)17-4-3-5-19(26)14-17)13-12-16-6-8-18(9-7-16)25(27,28)29/h3-11,14-15,23H,12-13,30H2,1-2H3. The molecule has 3 aromatic carbocycles. The summed E-state index contributed by atoms with van der Waals surface area (Å²) in [5, 5.41) is 0. The number of ether oxygens (including phenoxy) is 2. The summed E-state index contributed by atoms with van der Waals surface area (Å²) in [4.78, 5) is 14.8.